The molecule has 0 amide bonds. The fraction of sp³-hybridized carbons (Fsp3) is 0.395. The van der Waals surface area contributed by atoms with Crippen LogP contribution in [0.1, 0.15) is 88.8 Å². The number of benzene rings is 3. The first-order chi connectivity index (χ1) is 24.2. The van der Waals surface area contributed by atoms with Crippen molar-refractivity contribution in [3.63, 3.8) is 0 Å². The van der Waals surface area contributed by atoms with Crippen molar-refractivity contribution in [3.8, 4) is 21.7 Å². The van der Waals surface area contributed by atoms with Gasteiger partial charge in [0.25, 0.3) is 5.78 Å². The number of pyridine rings is 1. The summed E-state index contributed by atoms with van der Waals surface area (Å²) < 4.78 is 78.4. The maximum atomic E-state index is 14.4. The molecule has 2 heterocycles. The van der Waals surface area contributed by atoms with E-state index in [9.17, 15) is 31.1 Å². The van der Waals surface area contributed by atoms with Gasteiger partial charge in [-0.05, 0) is 65.8 Å². The van der Waals surface area contributed by atoms with Crippen LogP contribution < -0.4 is 0 Å². The van der Waals surface area contributed by atoms with Gasteiger partial charge < -0.3 is 5.11 Å². The smallest absolute Gasteiger partial charge is 0.454 e. The van der Waals surface area contributed by atoms with Crippen molar-refractivity contribution in [3.05, 3.63) is 99.9 Å². The summed E-state index contributed by atoms with van der Waals surface area (Å²) in [6, 6.07) is 18.0. The second-order valence-corrected chi connectivity index (χ2v) is 17.1. The normalized spacial score (nSPS) is 12.9. The van der Waals surface area contributed by atoms with Crippen molar-refractivity contribution in [2.75, 3.05) is 0 Å². The maximum absolute atomic E-state index is 14.4. The summed E-state index contributed by atoms with van der Waals surface area (Å²) in [5.74, 6) is -3.07. The van der Waals surface area contributed by atoms with E-state index in [4.69, 9.17) is 5.11 Å². The van der Waals surface area contributed by atoms with Crippen LogP contribution in [0.5, 0.6) is 0 Å². The van der Waals surface area contributed by atoms with Gasteiger partial charge in [-0.3, -0.25) is 9.78 Å². The predicted molar refractivity (Wildman–Crippen MR) is 205 cm³/mol. The number of hydrogen-bond acceptors (Lipinski definition) is 4. The summed E-state index contributed by atoms with van der Waals surface area (Å²) in [6.45, 7) is 22.0. The Hall–Kier alpha value is -3.53. The second kappa shape index (κ2) is 16.3. The zero-order valence-corrected chi connectivity index (χ0v) is 35.5. The Labute approximate surface area is 331 Å². The molecule has 0 atom stereocenters. The van der Waals surface area contributed by atoms with Crippen LogP contribution in [0.2, 0.25) is 0 Å². The number of rotatable bonds is 5. The minimum atomic E-state index is -4.90. The summed E-state index contributed by atoms with van der Waals surface area (Å²) in [5.41, 5.74) is 6.71. The Morgan fingerprint density at radius 3 is 1.98 bits per heavy atom. The number of hydrogen-bond donors (Lipinski definition) is 1. The van der Waals surface area contributed by atoms with Gasteiger partial charge in [0.1, 0.15) is 0 Å². The third kappa shape index (κ3) is 10.2. The number of halogens is 6. The van der Waals surface area contributed by atoms with E-state index in [2.05, 4.69) is 90.7 Å². The average Bonchev–Trinajstić information content (AvgIpc) is 3.34. The predicted octanol–water partition coefficient (Wildman–Crippen LogP) is 13.6. The number of aromatic nitrogens is 1. The van der Waals surface area contributed by atoms with E-state index in [0.717, 1.165) is 50.5 Å². The summed E-state index contributed by atoms with van der Waals surface area (Å²) >= 11 is 1.41. The molecule has 11 heteroatoms. The average molecular weight is 947 g/mol. The molecule has 0 spiro atoms. The molecule has 293 valence electrons. The van der Waals surface area contributed by atoms with Crippen molar-refractivity contribution in [2.45, 2.75) is 100 Å². The fourth-order valence-corrected chi connectivity index (χ4v) is 7.90. The van der Waals surface area contributed by atoms with Gasteiger partial charge in [0.05, 0.1) is 11.3 Å². The Morgan fingerprint density at radius 1 is 0.907 bits per heavy atom. The van der Waals surface area contributed by atoms with Gasteiger partial charge in [-0.2, -0.15) is 26.3 Å². The maximum Gasteiger partial charge on any atom is 0.454 e. The molecule has 0 bridgehead atoms. The summed E-state index contributed by atoms with van der Waals surface area (Å²) in [4.78, 5) is 15.6. The van der Waals surface area contributed by atoms with Gasteiger partial charge in [0.15, 0.2) is 0 Å². The van der Waals surface area contributed by atoms with Crippen molar-refractivity contribution < 1.29 is 56.3 Å². The first kappa shape index (κ1) is 44.9. The molecule has 54 heavy (non-hydrogen) atoms. The van der Waals surface area contributed by atoms with Crippen molar-refractivity contribution in [2.24, 2.45) is 11.3 Å². The van der Waals surface area contributed by atoms with Crippen LogP contribution in [-0.2, 0) is 42.9 Å². The molecule has 0 saturated heterocycles. The first-order valence-corrected chi connectivity index (χ1v) is 18.1. The summed E-state index contributed by atoms with van der Waals surface area (Å²) in [6.07, 6.45) is -7.28. The zero-order valence-electron chi connectivity index (χ0n) is 32.3. The fourth-order valence-electron chi connectivity index (χ4n) is 6.39. The number of carbonyl (C=O) groups excluding carboxylic acids is 1. The first-order valence-electron chi connectivity index (χ1n) is 17.3. The number of aliphatic hydroxyl groups excluding tert-OH is 1. The van der Waals surface area contributed by atoms with E-state index < -0.39 is 35.4 Å². The van der Waals surface area contributed by atoms with Crippen LogP contribution >= 0.6 is 11.3 Å². The quantitative estimate of drug-likeness (QED) is 0.0827. The number of nitrogens with zero attached hydrogens (tertiary/aromatic N) is 1. The van der Waals surface area contributed by atoms with Crippen molar-refractivity contribution in [1.29, 1.82) is 0 Å². The number of aliphatic hydroxyl groups is 1. The standard InChI is InChI=1S/C36H37F3NS.C7H9F3O2.Ir/c1-20-14-23(18-34(4,5)6)15-21(2)29(20)32-22(3)30-28(36(37,38)39)19-40-31(33(30)41-32)25-16-24-12-10-11-13-26(24)27(17-25)35(7,8)9;1-4(2)5(11)3-6(12)7(8,9)10;/h10-15,17,19H,18H2,1-9H3;3-4,11H,1-2H3;/q-1;;/b;5-3-;. The molecular formula is C43H46F6IrNO2S-. The van der Waals surface area contributed by atoms with E-state index in [-0.39, 0.29) is 42.4 Å². The van der Waals surface area contributed by atoms with E-state index in [1.807, 2.05) is 25.1 Å². The number of aryl methyl sites for hydroxylation is 3. The molecular weight excluding hydrogens is 901 g/mol. The Balaban J connectivity index is 0.000000521. The molecule has 5 aromatic rings. The number of ketones is 1. The molecule has 1 N–H and O–H groups in total. The Morgan fingerprint density at radius 2 is 1.48 bits per heavy atom. The summed E-state index contributed by atoms with van der Waals surface area (Å²) in [7, 11) is 0. The molecule has 0 aliphatic heterocycles. The topological polar surface area (TPSA) is 50.2 Å². The van der Waals surface area contributed by atoms with Gasteiger partial charge in [0.2, 0.25) is 0 Å². The number of fused-ring (bicyclic) bond motifs is 2. The minimum absolute atomic E-state index is 0. The van der Waals surface area contributed by atoms with Crippen LogP contribution in [0.4, 0.5) is 26.3 Å². The number of allylic oxidation sites excluding steroid dienone is 2. The molecule has 3 nitrogen and oxygen atoms in total. The van der Waals surface area contributed by atoms with Gasteiger partial charge in [0, 0.05) is 59.0 Å². The SMILES string of the molecule is CC(C)/C(O)=C/C(=O)C(F)(F)F.Cc1cc(CC(C)(C)C)cc(C)c1-c1sc2c(-c3[c-]c4ccccc4c(C(C)(C)C)c3)ncc(C(F)(F)F)c2c1C.[Ir]. The van der Waals surface area contributed by atoms with Crippen molar-refractivity contribution in [1.82, 2.24) is 4.98 Å². The van der Waals surface area contributed by atoms with Gasteiger partial charge in [-0.1, -0.05) is 96.7 Å². The minimum Gasteiger partial charge on any atom is -0.512 e. The van der Waals surface area contributed by atoms with E-state index in [1.165, 1.54) is 30.7 Å². The molecule has 3 aromatic carbocycles. The van der Waals surface area contributed by atoms with E-state index >= 15 is 0 Å². The van der Waals surface area contributed by atoms with E-state index in [1.54, 1.807) is 0 Å². The van der Waals surface area contributed by atoms with Gasteiger partial charge in [-0.25, -0.2) is 0 Å². The third-order valence-corrected chi connectivity index (χ3v) is 10.1. The zero-order chi connectivity index (χ0) is 40.0. The van der Waals surface area contributed by atoms with Crippen molar-refractivity contribution >= 4 is 38.0 Å². The van der Waals surface area contributed by atoms with Crippen LogP contribution in [0.25, 0.3) is 42.6 Å². The van der Waals surface area contributed by atoms with Crippen LogP contribution in [0.15, 0.2) is 60.5 Å². The summed E-state index contributed by atoms with van der Waals surface area (Å²) in [5, 5.41) is 11.1. The van der Waals surface area contributed by atoms with Crippen LogP contribution in [0.3, 0.4) is 0 Å². The number of thiophene rings is 1. The molecule has 1 radical (unpaired) electrons. The number of alkyl halides is 6. The molecule has 2 aromatic heterocycles. The van der Waals surface area contributed by atoms with Crippen LogP contribution in [0, 0.1) is 38.2 Å². The van der Waals surface area contributed by atoms with Crippen LogP contribution in [-0.4, -0.2) is 22.1 Å². The molecule has 0 fully saturated rings. The second-order valence-electron chi connectivity index (χ2n) is 16.1. The van der Waals surface area contributed by atoms with Gasteiger partial charge in [-0.15, -0.1) is 40.5 Å². The molecule has 0 aliphatic carbocycles. The van der Waals surface area contributed by atoms with E-state index in [0.29, 0.717) is 21.5 Å². The molecule has 0 aliphatic rings. The van der Waals surface area contributed by atoms with Gasteiger partial charge >= 0.3 is 12.4 Å². The largest absolute Gasteiger partial charge is 0.512 e. The molecule has 0 saturated carbocycles. The third-order valence-electron chi connectivity index (χ3n) is 8.80. The Bertz CT molecular complexity index is 2180. The Kier molecular flexibility index (Phi) is 13.5. The molecule has 5 rings (SSSR count). The molecule has 0 unspecified atom stereocenters. The number of carbonyl (C=O) groups is 1. The monoisotopic (exact) mass is 947 g/mol.